The summed E-state index contributed by atoms with van der Waals surface area (Å²) in [6, 6.07) is 8.83. The van der Waals surface area contributed by atoms with E-state index in [-0.39, 0.29) is 4.90 Å². The van der Waals surface area contributed by atoms with Gasteiger partial charge in [-0.05, 0) is 44.5 Å². The fourth-order valence-electron chi connectivity index (χ4n) is 3.09. The van der Waals surface area contributed by atoms with Gasteiger partial charge in [-0.3, -0.25) is 0 Å². The average Bonchev–Trinajstić information content (AvgIpc) is 3.20. The van der Waals surface area contributed by atoms with Crippen LogP contribution < -0.4 is 0 Å². The van der Waals surface area contributed by atoms with Crippen LogP contribution in [0.2, 0.25) is 0 Å². The molecule has 0 N–H and O–H groups in total. The van der Waals surface area contributed by atoms with E-state index in [1.807, 2.05) is 25.3 Å². The lowest BCUT2D eigenvalue weighted by molar-refractivity contribution is 0.587. The molecule has 0 unspecified atom stereocenters. The predicted molar refractivity (Wildman–Crippen MR) is 104 cm³/mol. The van der Waals surface area contributed by atoms with Crippen molar-refractivity contribution in [1.29, 1.82) is 0 Å². The fourth-order valence-corrected chi connectivity index (χ4v) is 5.35. The summed E-state index contributed by atoms with van der Waals surface area (Å²) in [5.74, 6) is 0. The number of thiazole rings is 1. The van der Waals surface area contributed by atoms with Crippen molar-refractivity contribution in [3.05, 3.63) is 64.9 Å². The monoisotopic (exact) mass is 383 g/mol. The van der Waals surface area contributed by atoms with Crippen LogP contribution in [0.1, 0.15) is 16.8 Å². The first-order valence-electron chi connectivity index (χ1n) is 8.09. The molecule has 0 aliphatic carbocycles. The predicted octanol–water partition coefficient (Wildman–Crippen LogP) is 4.32. The molecule has 5 nitrogen and oxygen atoms in total. The summed E-state index contributed by atoms with van der Waals surface area (Å²) in [5.41, 5.74) is 3.85. The minimum Gasteiger partial charge on any atom is -0.244 e. The van der Waals surface area contributed by atoms with Crippen LogP contribution in [0.3, 0.4) is 0 Å². The number of rotatable bonds is 3. The number of hydrogen-bond acceptors (Lipinski definition) is 5. The van der Waals surface area contributed by atoms with Gasteiger partial charge in [0.1, 0.15) is 5.01 Å². The Morgan fingerprint density at radius 1 is 1.00 bits per heavy atom. The number of aromatic nitrogens is 3. The Balaban J connectivity index is 2.08. The van der Waals surface area contributed by atoms with E-state index in [9.17, 15) is 8.42 Å². The second-order valence-electron chi connectivity index (χ2n) is 6.26. The molecule has 26 heavy (non-hydrogen) atoms. The number of hydrogen-bond donors (Lipinski definition) is 0. The van der Waals surface area contributed by atoms with Gasteiger partial charge in [0.2, 0.25) is 0 Å². The van der Waals surface area contributed by atoms with Crippen molar-refractivity contribution in [2.75, 3.05) is 0 Å². The van der Waals surface area contributed by atoms with E-state index in [2.05, 4.69) is 9.97 Å². The van der Waals surface area contributed by atoms with Crippen LogP contribution in [0.15, 0.2) is 53.0 Å². The highest BCUT2D eigenvalue weighted by molar-refractivity contribution is 7.90. The van der Waals surface area contributed by atoms with Crippen molar-refractivity contribution in [2.45, 2.75) is 25.7 Å². The minimum absolute atomic E-state index is 0.246. The van der Waals surface area contributed by atoms with E-state index in [0.717, 1.165) is 27.1 Å². The number of aryl methyl sites for hydroxylation is 2. The minimum atomic E-state index is -3.77. The van der Waals surface area contributed by atoms with Gasteiger partial charge in [-0.25, -0.2) is 22.4 Å². The van der Waals surface area contributed by atoms with E-state index in [1.54, 1.807) is 43.6 Å². The van der Waals surface area contributed by atoms with Gasteiger partial charge in [-0.1, -0.05) is 17.7 Å². The summed E-state index contributed by atoms with van der Waals surface area (Å²) in [7, 11) is -3.77. The van der Waals surface area contributed by atoms with E-state index in [1.165, 1.54) is 15.3 Å². The molecule has 4 rings (SSSR count). The van der Waals surface area contributed by atoms with Crippen molar-refractivity contribution in [3.8, 4) is 10.6 Å². The zero-order valence-corrected chi connectivity index (χ0v) is 16.2. The van der Waals surface area contributed by atoms with Gasteiger partial charge in [0.25, 0.3) is 10.0 Å². The summed E-state index contributed by atoms with van der Waals surface area (Å²) in [4.78, 5) is 9.08. The highest BCUT2D eigenvalue weighted by Gasteiger charge is 2.27. The van der Waals surface area contributed by atoms with E-state index >= 15 is 0 Å². The van der Waals surface area contributed by atoms with Crippen molar-refractivity contribution >= 4 is 32.4 Å². The van der Waals surface area contributed by atoms with Gasteiger partial charge in [-0.2, -0.15) is 0 Å². The molecular formula is C19H17N3O2S2. The molecule has 0 atom stereocenters. The first-order chi connectivity index (χ1) is 12.4. The maximum absolute atomic E-state index is 13.4. The molecule has 1 aromatic carbocycles. The van der Waals surface area contributed by atoms with E-state index < -0.39 is 10.0 Å². The summed E-state index contributed by atoms with van der Waals surface area (Å²) < 4.78 is 28.0. The summed E-state index contributed by atoms with van der Waals surface area (Å²) >= 11 is 1.49. The molecule has 3 aromatic heterocycles. The molecule has 0 aliphatic heterocycles. The molecule has 0 saturated heterocycles. The van der Waals surface area contributed by atoms with Crippen LogP contribution in [0.4, 0.5) is 0 Å². The third kappa shape index (κ3) is 2.55. The standard InChI is InChI=1S/C19H17N3O2S2/c1-12-4-6-15(7-5-12)26(23,24)22-14(3)17(19-20-8-9-25-19)16-10-13(2)11-21-18(16)22/h4-11H,1-3H3. The van der Waals surface area contributed by atoms with Crippen LogP contribution >= 0.6 is 11.3 Å². The van der Waals surface area contributed by atoms with Crippen LogP contribution in [0.25, 0.3) is 21.6 Å². The van der Waals surface area contributed by atoms with Crippen LogP contribution in [-0.4, -0.2) is 22.4 Å². The topological polar surface area (TPSA) is 64.8 Å². The van der Waals surface area contributed by atoms with Gasteiger partial charge in [-0.15, -0.1) is 11.3 Å². The van der Waals surface area contributed by atoms with Crippen molar-refractivity contribution in [2.24, 2.45) is 0 Å². The SMILES string of the molecule is Cc1ccc(S(=O)(=O)n2c(C)c(-c3nccs3)c3cc(C)cnc32)cc1. The Morgan fingerprint density at radius 3 is 2.38 bits per heavy atom. The number of benzene rings is 1. The maximum Gasteiger partial charge on any atom is 0.269 e. The van der Waals surface area contributed by atoms with Gasteiger partial charge < -0.3 is 0 Å². The molecule has 132 valence electrons. The second kappa shape index (κ2) is 6.03. The summed E-state index contributed by atoms with van der Waals surface area (Å²) in [6.45, 7) is 5.68. The van der Waals surface area contributed by atoms with Gasteiger partial charge in [0, 0.05) is 34.4 Å². The quantitative estimate of drug-likeness (QED) is 0.528. The lowest BCUT2D eigenvalue weighted by atomic mass is 10.1. The first-order valence-corrected chi connectivity index (χ1v) is 10.4. The Labute approximate surface area is 156 Å². The zero-order valence-electron chi connectivity index (χ0n) is 14.6. The lowest BCUT2D eigenvalue weighted by Crippen LogP contribution is -2.15. The smallest absolute Gasteiger partial charge is 0.244 e. The molecule has 7 heteroatoms. The largest absolute Gasteiger partial charge is 0.269 e. The Morgan fingerprint density at radius 2 is 1.73 bits per heavy atom. The maximum atomic E-state index is 13.4. The fraction of sp³-hybridized carbons (Fsp3) is 0.158. The molecule has 0 aliphatic rings. The van der Waals surface area contributed by atoms with Crippen molar-refractivity contribution in [1.82, 2.24) is 13.9 Å². The van der Waals surface area contributed by atoms with Crippen LogP contribution in [-0.2, 0) is 10.0 Å². The third-order valence-corrected chi connectivity index (χ3v) is 6.92. The average molecular weight is 383 g/mol. The first kappa shape index (κ1) is 16.9. The van der Waals surface area contributed by atoms with Gasteiger partial charge in [0.05, 0.1) is 4.90 Å². The van der Waals surface area contributed by atoms with Crippen molar-refractivity contribution in [3.63, 3.8) is 0 Å². The highest BCUT2D eigenvalue weighted by Crippen LogP contribution is 2.37. The lowest BCUT2D eigenvalue weighted by Gasteiger charge is -2.10. The Bertz CT molecular complexity index is 1210. The third-order valence-electron chi connectivity index (χ3n) is 4.34. The van der Waals surface area contributed by atoms with E-state index in [4.69, 9.17) is 0 Å². The number of fused-ring (bicyclic) bond motifs is 1. The van der Waals surface area contributed by atoms with Gasteiger partial charge in [0.15, 0.2) is 5.65 Å². The number of nitrogens with zero attached hydrogens (tertiary/aromatic N) is 3. The molecule has 0 saturated carbocycles. The Kier molecular flexibility index (Phi) is 3.93. The summed E-state index contributed by atoms with van der Waals surface area (Å²) in [5, 5.41) is 3.47. The summed E-state index contributed by atoms with van der Waals surface area (Å²) in [6.07, 6.45) is 3.41. The van der Waals surface area contributed by atoms with Crippen LogP contribution in [0.5, 0.6) is 0 Å². The normalized spacial score (nSPS) is 12.0. The highest BCUT2D eigenvalue weighted by atomic mass is 32.2. The second-order valence-corrected chi connectivity index (χ2v) is 8.95. The molecule has 0 fully saturated rings. The molecule has 3 heterocycles. The Hall–Kier alpha value is -2.51. The molecular weight excluding hydrogens is 366 g/mol. The van der Waals surface area contributed by atoms with Crippen LogP contribution in [0, 0.1) is 20.8 Å². The molecule has 0 bridgehead atoms. The zero-order chi connectivity index (χ0) is 18.5. The van der Waals surface area contributed by atoms with Crippen molar-refractivity contribution < 1.29 is 8.42 Å². The van der Waals surface area contributed by atoms with E-state index in [0.29, 0.717) is 11.3 Å². The molecule has 0 radical (unpaired) electrons. The molecule has 4 aromatic rings. The molecule has 0 spiro atoms. The molecule has 0 amide bonds. The van der Waals surface area contributed by atoms with Gasteiger partial charge >= 0.3 is 0 Å². The number of pyridine rings is 1.